The number of rotatable bonds is 3. The normalized spacial score (nSPS) is 27.3. The fourth-order valence-electron chi connectivity index (χ4n) is 3.63. The lowest BCUT2D eigenvalue weighted by atomic mass is 9.87. The summed E-state index contributed by atoms with van der Waals surface area (Å²) in [7, 11) is 2.31. The molecule has 1 fully saturated rings. The Labute approximate surface area is 117 Å². The Hall–Kier alpha value is -0.860. The third-order valence-corrected chi connectivity index (χ3v) is 4.86. The molecule has 0 spiro atoms. The second-order valence-electron chi connectivity index (χ2n) is 6.25. The predicted octanol–water partition coefficient (Wildman–Crippen LogP) is 2.62. The fourth-order valence-corrected chi connectivity index (χ4v) is 3.63. The standard InChI is InChI=1S/C17H26N2/c1-19(13-16-8-4-5-11-18-16)17-10-9-14-6-2-3-7-15(14)12-17/h2-3,6-7,16-18H,4-5,8-13H2,1H3. The van der Waals surface area contributed by atoms with Crippen LogP contribution in [0.1, 0.15) is 36.8 Å². The molecule has 1 aliphatic carbocycles. The third kappa shape index (κ3) is 3.18. The number of hydrogen-bond donors (Lipinski definition) is 1. The van der Waals surface area contributed by atoms with Crippen molar-refractivity contribution in [3.05, 3.63) is 35.4 Å². The topological polar surface area (TPSA) is 15.3 Å². The molecule has 2 nitrogen and oxygen atoms in total. The molecule has 0 bridgehead atoms. The van der Waals surface area contributed by atoms with Crippen molar-refractivity contribution in [1.29, 1.82) is 0 Å². The van der Waals surface area contributed by atoms with Gasteiger partial charge >= 0.3 is 0 Å². The number of nitrogens with zero attached hydrogens (tertiary/aromatic N) is 1. The van der Waals surface area contributed by atoms with E-state index in [1.165, 1.54) is 51.6 Å². The van der Waals surface area contributed by atoms with Crippen LogP contribution in [0, 0.1) is 0 Å². The Morgan fingerprint density at radius 1 is 1.16 bits per heavy atom. The summed E-state index contributed by atoms with van der Waals surface area (Å²) in [6.45, 7) is 2.43. The molecule has 1 N–H and O–H groups in total. The molecule has 1 saturated heterocycles. The van der Waals surface area contributed by atoms with E-state index in [9.17, 15) is 0 Å². The zero-order valence-corrected chi connectivity index (χ0v) is 12.1. The second-order valence-corrected chi connectivity index (χ2v) is 6.25. The monoisotopic (exact) mass is 258 g/mol. The van der Waals surface area contributed by atoms with Gasteiger partial charge in [-0.25, -0.2) is 0 Å². The molecule has 1 aromatic carbocycles. The van der Waals surface area contributed by atoms with Crippen molar-refractivity contribution in [1.82, 2.24) is 10.2 Å². The highest BCUT2D eigenvalue weighted by atomic mass is 15.2. The van der Waals surface area contributed by atoms with Crippen LogP contribution >= 0.6 is 0 Å². The number of piperidine rings is 1. The highest BCUT2D eigenvalue weighted by molar-refractivity contribution is 5.30. The molecule has 0 aromatic heterocycles. The molecule has 19 heavy (non-hydrogen) atoms. The van der Waals surface area contributed by atoms with Crippen molar-refractivity contribution in [3.63, 3.8) is 0 Å². The minimum Gasteiger partial charge on any atom is -0.313 e. The highest BCUT2D eigenvalue weighted by Crippen LogP contribution is 2.24. The largest absolute Gasteiger partial charge is 0.313 e. The van der Waals surface area contributed by atoms with Gasteiger partial charge in [-0.3, -0.25) is 0 Å². The van der Waals surface area contributed by atoms with E-state index in [1.54, 1.807) is 11.1 Å². The van der Waals surface area contributed by atoms with Gasteiger partial charge in [0, 0.05) is 18.6 Å². The van der Waals surface area contributed by atoms with Gasteiger partial charge < -0.3 is 10.2 Å². The van der Waals surface area contributed by atoms with E-state index < -0.39 is 0 Å². The molecule has 2 unspecified atom stereocenters. The number of hydrogen-bond acceptors (Lipinski definition) is 2. The first-order chi connectivity index (χ1) is 9.33. The van der Waals surface area contributed by atoms with Crippen LogP contribution in [0.5, 0.6) is 0 Å². The Bertz CT molecular complexity index is 409. The average Bonchev–Trinajstić information content (AvgIpc) is 2.48. The van der Waals surface area contributed by atoms with Gasteiger partial charge in [0.2, 0.25) is 0 Å². The smallest absolute Gasteiger partial charge is 0.0195 e. The van der Waals surface area contributed by atoms with E-state index in [2.05, 4.69) is 41.5 Å². The summed E-state index contributed by atoms with van der Waals surface area (Å²) in [6, 6.07) is 10.4. The number of fused-ring (bicyclic) bond motifs is 1. The first-order valence-corrected chi connectivity index (χ1v) is 7.83. The third-order valence-electron chi connectivity index (χ3n) is 4.86. The molecular weight excluding hydrogens is 232 g/mol. The Morgan fingerprint density at radius 3 is 2.79 bits per heavy atom. The fraction of sp³-hybridized carbons (Fsp3) is 0.647. The van der Waals surface area contributed by atoms with E-state index in [0.29, 0.717) is 0 Å². The van der Waals surface area contributed by atoms with Crippen LogP contribution in [0.3, 0.4) is 0 Å². The summed E-state index contributed by atoms with van der Waals surface area (Å²) in [6.07, 6.45) is 7.92. The molecule has 3 rings (SSSR count). The van der Waals surface area contributed by atoms with Crippen LogP contribution in [0.15, 0.2) is 24.3 Å². The molecule has 1 aromatic rings. The van der Waals surface area contributed by atoms with Gasteiger partial charge in [0.05, 0.1) is 0 Å². The van der Waals surface area contributed by atoms with Crippen molar-refractivity contribution in [2.45, 2.75) is 50.6 Å². The van der Waals surface area contributed by atoms with Gasteiger partial charge in [0.15, 0.2) is 0 Å². The Morgan fingerprint density at radius 2 is 2.00 bits per heavy atom. The van der Waals surface area contributed by atoms with Crippen LogP contribution in [-0.2, 0) is 12.8 Å². The number of benzene rings is 1. The lowest BCUT2D eigenvalue weighted by Crippen LogP contribution is -2.47. The Kier molecular flexibility index (Phi) is 4.19. The van der Waals surface area contributed by atoms with Crippen molar-refractivity contribution in [3.8, 4) is 0 Å². The molecule has 104 valence electrons. The zero-order valence-electron chi connectivity index (χ0n) is 12.1. The van der Waals surface area contributed by atoms with Crippen LogP contribution in [0.4, 0.5) is 0 Å². The van der Waals surface area contributed by atoms with Crippen LogP contribution in [0.25, 0.3) is 0 Å². The molecule has 1 heterocycles. The molecule has 2 aliphatic rings. The van der Waals surface area contributed by atoms with Crippen molar-refractivity contribution < 1.29 is 0 Å². The quantitative estimate of drug-likeness (QED) is 0.896. The zero-order chi connectivity index (χ0) is 13.1. The second kappa shape index (κ2) is 6.06. The summed E-state index contributed by atoms with van der Waals surface area (Å²) in [5, 5.41) is 3.67. The van der Waals surface area contributed by atoms with E-state index >= 15 is 0 Å². The van der Waals surface area contributed by atoms with Crippen molar-refractivity contribution >= 4 is 0 Å². The molecule has 0 radical (unpaired) electrons. The minimum atomic E-state index is 0.718. The maximum absolute atomic E-state index is 3.67. The average molecular weight is 258 g/mol. The van der Waals surface area contributed by atoms with E-state index in [0.717, 1.165) is 12.1 Å². The van der Waals surface area contributed by atoms with Crippen molar-refractivity contribution in [2.75, 3.05) is 20.1 Å². The summed E-state index contributed by atoms with van der Waals surface area (Å²) < 4.78 is 0. The van der Waals surface area contributed by atoms with Crippen LogP contribution < -0.4 is 5.32 Å². The van der Waals surface area contributed by atoms with Gasteiger partial charge in [-0.15, -0.1) is 0 Å². The van der Waals surface area contributed by atoms with E-state index in [4.69, 9.17) is 0 Å². The predicted molar refractivity (Wildman–Crippen MR) is 80.5 cm³/mol. The van der Waals surface area contributed by atoms with Crippen LogP contribution in [-0.4, -0.2) is 37.1 Å². The van der Waals surface area contributed by atoms with Gasteiger partial charge in [-0.05, 0) is 56.8 Å². The van der Waals surface area contributed by atoms with Gasteiger partial charge in [-0.2, -0.15) is 0 Å². The number of aryl methyl sites for hydroxylation is 1. The molecule has 0 amide bonds. The van der Waals surface area contributed by atoms with Gasteiger partial charge in [0.1, 0.15) is 0 Å². The van der Waals surface area contributed by atoms with E-state index in [-0.39, 0.29) is 0 Å². The van der Waals surface area contributed by atoms with Crippen molar-refractivity contribution in [2.24, 2.45) is 0 Å². The first kappa shape index (κ1) is 13.1. The maximum atomic E-state index is 3.67. The number of nitrogens with one attached hydrogen (secondary N) is 1. The number of likely N-dealkylation sites (N-methyl/N-ethyl adjacent to an activating group) is 1. The van der Waals surface area contributed by atoms with Crippen LogP contribution in [0.2, 0.25) is 0 Å². The Balaban J connectivity index is 1.58. The summed E-state index contributed by atoms with van der Waals surface area (Å²) in [4.78, 5) is 2.60. The molecular formula is C17H26N2. The lowest BCUT2D eigenvalue weighted by molar-refractivity contribution is 0.188. The summed E-state index contributed by atoms with van der Waals surface area (Å²) in [5.41, 5.74) is 3.14. The summed E-state index contributed by atoms with van der Waals surface area (Å²) >= 11 is 0. The molecule has 1 aliphatic heterocycles. The van der Waals surface area contributed by atoms with Gasteiger partial charge in [-0.1, -0.05) is 30.7 Å². The lowest BCUT2D eigenvalue weighted by Gasteiger charge is -2.36. The maximum Gasteiger partial charge on any atom is 0.0195 e. The SMILES string of the molecule is CN(CC1CCCCN1)C1CCc2ccccc2C1. The minimum absolute atomic E-state index is 0.718. The first-order valence-electron chi connectivity index (χ1n) is 7.83. The highest BCUT2D eigenvalue weighted by Gasteiger charge is 2.24. The molecule has 2 heteroatoms. The molecule has 0 saturated carbocycles. The van der Waals surface area contributed by atoms with E-state index in [1.807, 2.05) is 0 Å². The molecule has 2 atom stereocenters. The summed E-state index contributed by atoms with van der Waals surface area (Å²) in [5.74, 6) is 0. The van der Waals surface area contributed by atoms with Gasteiger partial charge in [0.25, 0.3) is 0 Å².